The van der Waals surface area contributed by atoms with Gasteiger partial charge < -0.3 is 23.7 Å². The predicted molar refractivity (Wildman–Crippen MR) is 142 cm³/mol. The summed E-state index contributed by atoms with van der Waals surface area (Å²) < 4.78 is 32.8. The zero-order valence-electron chi connectivity index (χ0n) is 22.7. The molecule has 0 saturated carbocycles. The number of hydrogen-bond donors (Lipinski definition) is 0. The zero-order chi connectivity index (χ0) is 26.1. The average molecular weight is 497 g/mol. The van der Waals surface area contributed by atoms with E-state index in [1.54, 1.807) is 14.2 Å². The Morgan fingerprint density at radius 2 is 1.43 bits per heavy atom. The molecule has 7 rings (SSSR count). The van der Waals surface area contributed by atoms with Gasteiger partial charge in [-0.2, -0.15) is 0 Å². The van der Waals surface area contributed by atoms with Crippen molar-refractivity contribution in [1.29, 1.82) is 0 Å². The Morgan fingerprint density at radius 3 is 2.11 bits per heavy atom. The van der Waals surface area contributed by atoms with Crippen LogP contribution in [0.25, 0.3) is 0 Å². The van der Waals surface area contributed by atoms with E-state index in [1.165, 1.54) is 16.7 Å². The number of aryl methyl sites for hydroxylation is 4. The fourth-order valence-corrected chi connectivity index (χ4v) is 7.70. The maximum Gasteiger partial charge on any atom is 0.291 e. The van der Waals surface area contributed by atoms with E-state index < -0.39 is 16.6 Å². The molecule has 0 N–H and O–H groups in total. The number of ether oxygens (including phenoxy) is 5. The fraction of sp³-hybridized carbons (Fsp3) is 0.375. The predicted octanol–water partition coefficient (Wildman–Crippen LogP) is 6.38. The van der Waals surface area contributed by atoms with Gasteiger partial charge in [-0.05, 0) is 52.7 Å². The first-order chi connectivity index (χ1) is 17.6. The average Bonchev–Trinajstić information content (AvgIpc) is 3.41. The highest BCUT2D eigenvalue weighted by atomic mass is 16.7. The highest BCUT2D eigenvalue weighted by molar-refractivity contribution is 5.75. The van der Waals surface area contributed by atoms with Gasteiger partial charge in [0.2, 0.25) is 0 Å². The first kappa shape index (κ1) is 22.6. The van der Waals surface area contributed by atoms with E-state index in [4.69, 9.17) is 23.7 Å². The lowest BCUT2D eigenvalue weighted by Gasteiger charge is -2.50. The summed E-state index contributed by atoms with van der Waals surface area (Å²) in [5.41, 5.74) is 7.65. The van der Waals surface area contributed by atoms with Gasteiger partial charge in [-0.25, -0.2) is 0 Å². The molecule has 37 heavy (non-hydrogen) atoms. The molecule has 4 atom stereocenters. The second kappa shape index (κ2) is 6.83. The second-order valence-electron chi connectivity index (χ2n) is 11.4. The van der Waals surface area contributed by atoms with Crippen LogP contribution in [-0.2, 0) is 10.8 Å². The van der Waals surface area contributed by atoms with E-state index in [0.29, 0.717) is 17.2 Å². The molecule has 190 valence electrons. The molecule has 0 fully saturated rings. The van der Waals surface area contributed by atoms with E-state index in [9.17, 15) is 0 Å². The first-order valence-corrected chi connectivity index (χ1v) is 12.8. The molecule has 0 radical (unpaired) electrons. The zero-order valence-corrected chi connectivity index (χ0v) is 22.7. The molecule has 0 unspecified atom stereocenters. The lowest BCUT2D eigenvalue weighted by Crippen LogP contribution is -2.66. The Morgan fingerprint density at radius 1 is 0.757 bits per heavy atom. The highest BCUT2D eigenvalue weighted by Gasteiger charge is 2.80. The van der Waals surface area contributed by atoms with Crippen molar-refractivity contribution in [1.82, 2.24) is 0 Å². The van der Waals surface area contributed by atoms with E-state index in [1.807, 2.05) is 12.1 Å². The molecule has 0 spiro atoms. The summed E-state index contributed by atoms with van der Waals surface area (Å²) >= 11 is 0. The molecular formula is C32H32O5. The summed E-state index contributed by atoms with van der Waals surface area (Å²) in [5, 5.41) is 0. The minimum absolute atomic E-state index is 0.329. The van der Waals surface area contributed by atoms with Crippen molar-refractivity contribution in [2.75, 3.05) is 14.2 Å². The van der Waals surface area contributed by atoms with E-state index >= 15 is 0 Å². The van der Waals surface area contributed by atoms with Gasteiger partial charge >= 0.3 is 0 Å². The van der Waals surface area contributed by atoms with Crippen molar-refractivity contribution in [3.05, 3.63) is 87.0 Å². The number of hydrogen-bond acceptors (Lipinski definition) is 5. The lowest BCUT2D eigenvalue weighted by molar-refractivity contribution is -0.126. The Labute approximate surface area is 218 Å². The third-order valence-electron chi connectivity index (χ3n) is 8.96. The van der Waals surface area contributed by atoms with Crippen LogP contribution in [0.4, 0.5) is 0 Å². The Bertz CT molecular complexity index is 1570. The van der Waals surface area contributed by atoms with Crippen molar-refractivity contribution in [2.45, 2.75) is 64.3 Å². The van der Waals surface area contributed by atoms with Crippen LogP contribution < -0.4 is 23.7 Å². The van der Waals surface area contributed by atoms with Gasteiger partial charge in [-0.15, -0.1) is 0 Å². The standard InChI is InChI=1S/C32H32O5/c1-16-9-18(3)27-22(11-16)30(6)15-20(5)32-31(29(30)35-27,23-12-17(2)10-19(4)28(23)37-32)26-24(34-8)13-21(33-7)14-25(26)36-32/h9-15,29H,1-8H3/t29-,30+,31-,32-/m1/s1. The number of benzene rings is 3. The van der Waals surface area contributed by atoms with Crippen LogP contribution in [-0.4, -0.2) is 26.1 Å². The molecule has 3 aliphatic heterocycles. The van der Waals surface area contributed by atoms with Gasteiger partial charge in [0.05, 0.1) is 25.2 Å². The molecule has 0 bridgehead atoms. The molecular weight excluding hydrogens is 464 g/mol. The maximum absolute atomic E-state index is 7.12. The molecule has 3 heterocycles. The summed E-state index contributed by atoms with van der Waals surface area (Å²) in [4.78, 5) is 0. The number of rotatable bonds is 2. The third kappa shape index (κ3) is 2.37. The van der Waals surface area contributed by atoms with Gasteiger partial charge in [-0.1, -0.05) is 41.5 Å². The summed E-state index contributed by atoms with van der Waals surface area (Å²) in [6.45, 7) is 12.9. The quantitative estimate of drug-likeness (QED) is 0.385. The summed E-state index contributed by atoms with van der Waals surface area (Å²) in [6.07, 6.45) is 1.98. The van der Waals surface area contributed by atoms with Crippen LogP contribution in [0.1, 0.15) is 52.8 Å². The van der Waals surface area contributed by atoms with Crippen molar-refractivity contribution in [3.63, 3.8) is 0 Å². The van der Waals surface area contributed by atoms with Gasteiger partial charge in [0.1, 0.15) is 34.9 Å². The normalized spacial score (nSPS) is 29.4. The monoisotopic (exact) mass is 496 g/mol. The smallest absolute Gasteiger partial charge is 0.291 e. The van der Waals surface area contributed by atoms with Crippen LogP contribution in [0.15, 0.2) is 48.0 Å². The lowest BCUT2D eigenvalue weighted by atomic mass is 9.54. The SMILES string of the molecule is COc1cc(OC)c2c(c1)O[C@]13Oc4c(C)cc(C)cc4[C@]21[C@@H]1Oc2c(C)cc(C)cc2[C@]1(C)C=C3C. The molecule has 0 amide bonds. The fourth-order valence-electron chi connectivity index (χ4n) is 7.70. The Kier molecular flexibility index (Phi) is 4.17. The molecule has 5 nitrogen and oxygen atoms in total. The Hall–Kier alpha value is -3.60. The van der Waals surface area contributed by atoms with Crippen LogP contribution in [0.5, 0.6) is 28.7 Å². The van der Waals surface area contributed by atoms with Crippen LogP contribution in [0.2, 0.25) is 0 Å². The van der Waals surface area contributed by atoms with Gasteiger partial charge in [-0.3, -0.25) is 0 Å². The van der Waals surface area contributed by atoms with Crippen molar-refractivity contribution in [3.8, 4) is 28.7 Å². The largest absolute Gasteiger partial charge is 0.496 e. The van der Waals surface area contributed by atoms with Crippen LogP contribution in [0, 0.1) is 27.7 Å². The maximum atomic E-state index is 7.12. The van der Waals surface area contributed by atoms with Crippen molar-refractivity contribution >= 4 is 0 Å². The van der Waals surface area contributed by atoms with E-state index in [0.717, 1.165) is 39.3 Å². The van der Waals surface area contributed by atoms with Crippen molar-refractivity contribution in [2.24, 2.45) is 0 Å². The van der Waals surface area contributed by atoms with Crippen molar-refractivity contribution < 1.29 is 23.7 Å². The third-order valence-corrected chi connectivity index (χ3v) is 8.96. The van der Waals surface area contributed by atoms with E-state index in [2.05, 4.69) is 71.9 Å². The number of methoxy groups -OCH3 is 2. The minimum Gasteiger partial charge on any atom is -0.496 e. The molecule has 0 saturated heterocycles. The minimum atomic E-state index is -1.11. The molecule has 5 heteroatoms. The topological polar surface area (TPSA) is 46.2 Å². The molecule has 4 aliphatic rings. The van der Waals surface area contributed by atoms with Gasteiger partial charge in [0, 0.05) is 28.8 Å². The summed E-state index contributed by atoms with van der Waals surface area (Å²) in [7, 11) is 3.36. The van der Waals surface area contributed by atoms with Gasteiger partial charge in [0.25, 0.3) is 5.79 Å². The molecule has 1 aliphatic carbocycles. The Balaban J connectivity index is 1.66. The molecule has 3 aromatic carbocycles. The first-order valence-electron chi connectivity index (χ1n) is 12.8. The second-order valence-corrected chi connectivity index (χ2v) is 11.4. The highest BCUT2D eigenvalue weighted by Crippen LogP contribution is 2.72. The number of fused-ring (bicyclic) bond motifs is 5. The summed E-state index contributed by atoms with van der Waals surface area (Å²) in [6, 6.07) is 12.8. The van der Waals surface area contributed by atoms with E-state index in [-0.39, 0.29) is 6.10 Å². The molecule has 3 aromatic rings. The molecule has 0 aromatic heterocycles. The van der Waals surface area contributed by atoms with Crippen LogP contribution in [0.3, 0.4) is 0 Å². The van der Waals surface area contributed by atoms with Gasteiger partial charge in [0.15, 0.2) is 5.41 Å². The van der Waals surface area contributed by atoms with Crippen LogP contribution >= 0.6 is 0 Å². The summed E-state index contributed by atoms with van der Waals surface area (Å²) in [5.74, 6) is 2.78.